The Balaban J connectivity index is 1.33. The number of hydrogen-bond acceptors (Lipinski definition) is 5. The van der Waals surface area contributed by atoms with E-state index in [1.165, 1.54) is 57.7 Å². The van der Waals surface area contributed by atoms with Crippen LogP contribution in [0, 0.1) is 5.92 Å². The summed E-state index contributed by atoms with van der Waals surface area (Å²) in [4.78, 5) is 8.03. The van der Waals surface area contributed by atoms with E-state index in [-0.39, 0.29) is 0 Å². The number of fused-ring (bicyclic) bond motifs is 1. The minimum atomic E-state index is -3.23. The fraction of sp³-hybridized carbons (Fsp3) is 0.720. The van der Waals surface area contributed by atoms with E-state index in [0.717, 1.165) is 61.8 Å². The first-order valence-electron chi connectivity index (χ1n) is 12.6. The molecule has 0 amide bonds. The zero-order valence-electron chi connectivity index (χ0n) is 19.4. The molecule has 2 aromatic rings. The van der Waals surface area contributed by atoms with Crippen molar-refractivity contribution in [2.24, 2.45) is 5.92 Å². The van der Waals surface area contributed by atoms with Gasteiger partial charge in [0, 0.05) is 50.9 Å². The maximum Gasteiger partial charge on any atom is 0.175 e. The molecule has 5 rings (SSSR count). The third-order valence-corrected chi connectivity index (χ3v) is 9.04. The summed E-state index contributed by atoms with van der Waals surface area (Å²) < 4.78 is 26.6. The average Bonchev–Trinajstić information content (AvgIpc) is 3.06. The number of nitrogens with one attached hydrogen (secondary N) is 1. The van der Waals surface area contributed by atoms with Crippen LogP contribution in [0.3, 0.4) is 0 Å². The van der Waals surface area contributed by atoms with Gasteiger partial charge in [-0.15, -0.1) is 0 Å². The number of aromatic nitrogens is 2. The van der Waals surface area contributed by atoms with Gasteiger partial charge in [0.15, 0.2) is 9.84 Å². The standard InChI is InChI=1S/C25H38N4O2S/c1-32(30,31)22-9-10-24-23(15-22)27-25(20-16-26-17-20)29(24)21-11-13-28(14-12-21)18-19-7-5-3-2-4-6-8-19/h9-10,15,19-21,26H,2-8,11-14,16-18H2,1H3. The van der Waals surface area contributed by atoms with E-state index in [9.17, 15) is 8.42 Å². The molecule has 0 spiro atoms. The molecule has 0 bridgehead atoms. The largest absolute Gasteiger partial charge is 0.324 e. The van der Waals surface area contributed by atoms with Crippen molar-refractivity contribution in [1.82, 2.24) is 19.8 Å². The summed E-state index contributed by atoms with van der Waals surface area (Å²) in [6, 6.07) is 5.95. The molecule has 3 aliphatic rings. The second-order valence-electron chi connectivity index (χ2n) is 10.4. The summed E-state index contributed by atoms with van der Waals surface area (Å²) in [6.45, 7) is 5.51. The van der Waals surface area contributed by atoms with Crippen molar-refractivity contribution in [2.45, 2.75) is 74.6 Å². The minimum absolute atomic E-state index is 0.363. The first kappa shape index (κ1) is 22.4. The molecule has 1 N–H and O–H groups in total. The van der Waals surface area contributed by atoms with Gasteiger partial charge in [0.25, 0.3) is 0 Å². The normalized spacial score (nSPS) is 23.2. The number of rotatable bonds is 5. The lowest BCUT2D eigenvalue weighted by atomic mass is 9.90. The van der Waals surface area contributed by atoms with Gasteiger partial charge in [-0.2, -0.15) is 0 Å². The van der Waals surface area contributed by atoms with Crippen molar-refractivity contribution in [3.05, 3.63) is 24.0 Å². The lowest BCUT2D eigenvalue weighted by Crippen LogP contribution is -2.43. The molecule has 6 nitrogen and oxygen atoms in total. The molecule has 3 fully saturated rings. The van der Waals surface area contributed by atoms with Crippen LogP contribution in [-0.4, -0.2) is 61.8 Å². The molecule has 0 radical (unpaired) electrons. The Labute approximate surface area is 192 Å². The number of nitrogens with zero attached hydrogens (tertiary/aromatic N) is 3. The number of likely N-dealkylation sites (tertiary alicyclic amines) is 1. The van der Waals surface area contributed by atoms with E-state index < -0.39 is 9.84 Å². The van der Waals surface area contributed by atoms with Gasteiger partial charge in [0.05, 0.1) is 15.9 Å². The van der Waals surface area contributed by atoms with Crippen LogP contribution in [-0.2, 0) is 9.84 Å². The molecule has 0 atom stereocenters. The average molecular weight is 459 g/mol. The number of hydrogen-bond donors (Lipinski definition) is 1. The Morgan fingerprint density at radius 1 is 1.00 bits per heavy atom. The quantitative estimate of drug-likeness (QED) is 0.730. The zero-order chi connectivity index (χ0) is 22.1. The van der Waals surface area contributed by atoms with Crippen molar-refractivity contribution in [2.75, 3.05) is 39.0 Å². The maximum atomic E-state index is 12.1. The number of piperidine rings is 1. The van der Waals surface area contributed by atoms with Crippen LogP contribution in [0.25, 0.3) is 11.0 Å². The Morgan fingerprint density at radius 3 is 2.31 bits per heavy atom. The van der Waals surface area contributed by atoms with Gasteiger partial charge in [-0.1, -0.05) is 32.1 Å². The lowest BCUT2D eigenvalue weighted by Gasteiger charge is -2.37. The highest BCUT2D eigenvalue weighted by Gasteiger charge is 2.31. The number of sulfone groups is 1. The maximum absolute atomic E-state index is 12.1. The Kier molecular flexibility index (Phi) is 6.59. The smallest absolute Gasteiger partial charge is 0.175 e. The van der Waals surface area contributed by atoms with Crippen LogP contribution in [0.15, 0.2) is 23.1 Å². The summed E-state index contributed by atoms with van der Waals surface area (Å²) in [5, 5.41) is 3.37. The first-order valence-corrected chi connectivity index (χ1v) is 14.5. The molecule has 1 aromatic carbocycles. The van der Waals surface area contributed by atoms with Crippen LogP contribution in [0.4, 0.5) is 0 Å². The summed E-state index contributed by atoms with van der Waals surface area (Å²) >= 11 is 0. The van der Waals surface area contributed by atoms with Crippen LogP contribution in [0.2, 0.25) is 0 Å². The SMILES string of the molecule is CS(=O)(=O)c1ccc2c(c1)nc(C1CNC1)n2C1CCN(CC2CCCCCCC2)CC1. The molecule has 1 aromatic heterocycles. The van der Waals surface area contributed by atoms with E-state index in [0.29, 0.717) is 16.9 Å². The molecule has 1 aliphatic carbocycles. The fourth-order valence-electron chi connectivity index (χ4n) is 5.92. The second kappa shape index (κ2) is 9.43. The number of benzene rings is 1. The number of imidazole rings is 1. The van der Waals surface area contributed by atoms with Gasteiger partial charge < -0.3 is 14.8 Å². The summed E-state index contributed by atoms with van der Waals surface area (Å²) in [6.07, 6.45) is 13.5. The Hall–Kier alpha value is -1.44. The molecule has 3 heterocycles. The third-order valence-electron chi connectivity index (χ3n) is 7.93. The highest BCUT2D eigenvalue weighted by atomic mass is 32.2. The zero-order valence-corrected chi connectivity index (χ0v) is 20.2. The van der Waals surface area contributed by atoms with Crippen molar-refractivity contribution in [1.29, 1.82) is 0 Å². The molecule has 2 aliphatic heterocycles. The molecule has 32 heavy (non-hydrogen) atoms. The van der Waals surface area contributed by atoms with Crippen molar-refractivity contribution in [3.63, 3.8) is 0 Å². The first-order chi connectivity index (χ1) is 15.5. The predicted molar refractivity (Wildman–Crippen MR) is 129 cm³/mol. The van der Waals surface area contributed by atoms with Gasteiger partial charge in [-0.05, 0) is 49.8 Å². The molecule has 0 unspecified atom stereocenters. The van der Waals surface area contributed by atoms with Crippen molar-refractivity contribution >= 4 is 20.9 Å². The van der Waals surface area contributed by atoms with Crippen molar-refractivity contribution < 1.29 is 8.42 Å². The molecule has 2 saturated heterocycles. The van der Waals surface area contributed by atoms with Crippen molar-refractivity contribution in [3.8, 4) is 0 Å². The summed E-state index contributed by atoms with van der Waals surface area (Å²) in [5.41, 5.74) is 1.92. The monoisotopic (exact) mass is 458 g/mol. The van der Waals surface area contributed by atoms with E-state index in [1.54, 1.807) is 12.1 Å². The molecule has 1 saturated carbocycles. The minimum Gasteiger partial charge on any atom is -0.324 e. The second-order valence-corrected chi connectivity index (χ2v) is 12.4. The van der Waals surface area contributed by atoms with Gasteiger partial charge in [-0.3, -0.25) is 0 Å². The lowest BCUT2D eigenvalue weighted by molar-refractivity contribution is 0.151. The van der Waals surface area contributed by atoms with Crippen LogP contribution >= 0.6 is 0 Å². The van der Waals surface area contributed by atoms with Crippen LogP contribution in [0.1, 0.15) is 75.6 Å². The Morgan fingerprint density at radius 2 is 1.69 bits per heavy atom. The summed E-state index contributed by atoms with van der Waals surface area (Å²) in [5.74, 6) is 2.45. The van der Waals surface area contributed by atoms with E-state index in [4.69, 9.17) is 4.98 Å². The molecular formula is C25H38N4O2S. The predicted octanol–water partition coefficient (Wildman–Crippen LogP) is 4.12. The molecule has 176 valence electrons. The van der Waals surface area contributed by atoms with Gasteiger partial charge in [0.2, 0.25) is 0 Å². The van der Waals surface area contributed by atoms with Gasteiger partial charge in [0.1, 0.15) is 5.82 Å². The van der Waals surface area contributed by atoms with Gasteiger partial charge in [-0.25, -0.2) is 13.4 Å². The molecule has 7 heteroatoms. The van der Waals surface area contributed by atoms with E-state index >= 15 is 0 Å². The fourth-order valence-corrected chi connectivity index (χ4v) is 6.56. The van der Waals surface area contributed by atoms with Gasteiger partial charge >= 0.3 is 0 Å². The molecular weight excluding hydrogens is 420 g/mol. The van der Waals surface area contributed by atoms with Crippen LogP contribution < -0.4 is 5.32 Å². The highest BCUT2D eigenvalue weighted by Crippen LogP contribution is 2.34. The highest BCUT2D eigenvalue weighted by molar-refractivity contribution is 7.90. The van der Waals surface area contributed by atoms with Crippen LogP contribution in [0.5, 0.6) is 0 Å². The summed E-state index contributed by atoms with van der Waals surface area (Å²) in [7, 11) is -3.23. The van der Waals surface area contributed by atoms with E-state index in [1.807, 2.05) is 6.07 Å². The topological polar surface area (TPSA) is 67.2 Å². The Bertz CT molecular complexity index is 1030. The third kappa shape index (κ3) is 4.75. The van der Waals surface area contributed by atoms with E-state index in [2.05, 4.69) is 14.8 Å².